The van der Waals surface area contributed by atoms with Crippen LogP contribution in [0, 0.1) is 11.7 Å². The Balaban J connectivity index is 2.30. The summed E-state index contributed by atoms with van der Waals surface area (Å²) in [7, 11) is 1.59. The Morgan fingerprint density at radius 3 is 3.00 bits per heavy atom. The van der Waals surface area contributed by atoms with Crippen molar-refractivity contribution in [3.05, 3.63) is 34.1 Å². The summed E-state index contributed by atoms with van der Waals surface area (Å²) >= 11 is 3.32. The van der Waals surface area contributed by atoms with Gasteiger partial charge in [0.15, 0.2) is 0 Å². The van der Waals surface area contributed by atoms with Crippen LogP contribution >= 0.6 is 15.9 Å². The van der Waals surface area contributed by atoms with Gasteiger partial charge >= 0.3 is 0 Å². The van der Waals surface area contributed by atoms with Crippen molar-refractivity contribution >= 4 is 15.9 Å². The van der Waals surface area contributed by atoms with Crippen molar-refractivity contribution in [1.29, 1.82) is 0 Å². The molecule has 6 heteroatoms. The lowest BCUT2D eigenvalue weighted by Crippen LogP contribution is -2.55. The average Bonchev–Trinajstić information content (AvgIpc) is 2.44. The van der Waals surface area contributed by atoms with Crippen LogP contribution in [0.4, 0.5) is 4.39 Å². The SMILES string of the molecule is COC[C@H]1C[C@@H](CO)[C@](N)(c2cc(Br)ccc2F)CO1. The molecule has 2 rings (SSSR count). The van der Waals surface area contributed by atoms with Gasteiger partial charge < -0.3 is 20.3 Å². The van der Waals surface area contributed by atoms with Gasteiger partial charge in [-0.3, -0.25) is 0 Å². The highest BCUT2D eigenvalue weighted by molar-refractivity contribution is 9.10. The summed E-state index contributed by atoms with van der Waals surface area (Å²) < 4.78 is 25.6. The third-order valence-electron chi connectivity index (χ3n) is 3.84. The number of methoxy groups -OCH3 is 1. The fourth-order valence-corrected chi connectivity index (χ4v) is 3.02. The monoisotopic (exact) mass is 347 g/mol. The van der Waals surface area contributed by atoms with Gasteiger partial charge in [-0.05, 0) is 24.6 Å². The quantitative estimate of drug-likeness (QED) is 0.871. The summed E-state index contributed by atoms with van der Waals surface area (Å²) in [5.74, 6) is -0.664. The van der Waals surface area contributed by atoms with Crippen LogP contribution in [0.1, 0.15) is 12.0 Å². The van der Waals surface area contributed by atoms with E-state index in [1.165, 1.54) is 6.07 Å². The van der Waals surface area contributed by atoms with Crippen molar-refractivity contribution in [2.24, 2.45) is 11.7 Å². The van der Waals surface area contributed by atoms with Gasteiger partial charge in [0, 0.05) is 29.7 Å². The molecular formula is C14H19BrFNO3. The fourth-order valence-electron chi connectivity index (χ4n) is 2.66. The van der Waals surface area contributed by atoms with Crippen molar-refractivity contribution in [3.63, 3.8) is 0 Å². The summed E-state index contributed by atoms with van der Waals surface area (Å²) in [5.41, 5.74) is 5.70. The van der Waals surface area contributed by atoms with Crippen LogP contribution in [0.3, 0.4) is 0 Å². The number of aliphatic hydroxyl groups is 1. The fraction of sp³-hybridized carbons (Fsp3) is 0.571. The molecule has 1 aliphatic heterocycles. The average molecular weight is 348 g/mol. The molecule has 0 unspecified atom stereocenters. The Morgan fingerprint density at radius 1 is 1.60 bits per heavy atom. The summed E-state index contributed by atoms with van der Waals surface area (Å²) in [4.78, 5) is 0. The van der Waals surface area contributed by atoms with E-state index in [0.29, 0.717) is 18.6 Å². The van der Waals surface area contributed by atoms with E-state index in [4.69, 9.17) is 15.2 Å². The minimum absolute atomic E-state index is 0.119. The van der Waals surface area contributed by atoms with E-state index in [1.54, 1.807) is 19.2 Å². The number of halogens is 2. The van der Waals surface area contributed by atoms with Crippen LogP contribution in [0.15, 0.2) is 22.7 Å². The van der Waals surface area contributed by atoms with Gasteiger partial charge in [0.25, 0.3) is 0 Å². The minimum Gasteiger partial charge on any atom is -0.396 e. The maximum Gasteiger partial charge on any atom is 0.128 e. The molecule has 3 atom stereocenters. The molecule has 1 fully saturated rings. The van der Waals surface area contributed by atoms with E-state index in [2.05, 4.69) is 15.9 Å². The molecule has 0 radical (unpaired) electrons. The number of hydrogen-bond donors (Lipinski definition) is 2. The van der Waals surface area contributed by atoms with Crippen LogP contribution in [-0.4, -0.2) is 38.1 Å². The first-order valence-corrected chi connectivity index (χ1v) is 7.26. The number of hydrogen-bond acceptors (Lipinski definition) is 4. The Bertz CT molecular complexity index is 474. The summed E-state index contributed by atoms with van der Waals surface area (Å²) in [6.45, 7) is 0.471. The van der Waals surface area contributed by atoms with Crippen LogP contribution in [0.25, 0.3) is 0 Å². The van der Waals surface area contributed by atoms with Crippen molar-refractivity contribution in [1.82, 2.24) is 0 Å². The number of rotatable bonds is 4. The summed E-state index contributed by atoms with van der Waals surface area (Å²) in [5, 5.41) is 9.62. The van der Waals surface area contributed by atoms with Gasteiger partial charge in [-0.25, -0.2) is 4.39 Å². The molecule has 0 saturated carbocycles. The molecule has 0 amide bonds. The standard InChI is InChI=1S/C14H19BrFNO3/c1-19-7-11-4-9(6-18)14(17,8-20-11)12-5-10(15)2-3-13(12)16/h2-3,5,9,11,18H,4,6-8,17H2,1H3/t9-,11+,14-/m0/s1. The van der Waals surface area contributed by atoms with Gasteiger partial charge in [-0.15, -0.1) is 0 Å². The first-order valence-electron chi connectivity index (χ1n) is 6.47. The maximum absolute atomic E-state index is 14.1. The topological polar surface area (TPSA) is 64.7 Å². The normalized spacial score (nSPS) is 30.4. The third kappa shape index (κ3) is 3.04. The first kappa shape index (κ1) is 15.9. The molecule has 0 aromatic heterocycles. The lowest BCUT2D eigenvalue weighted by atomic mass is 9.75. The Morgan fingerprint density at radius 2 is 2.35 bits per heavy atom. The van der Waals surface area contributed by atoms with E-state index in [0.717, 1.165) is 4.47 Å². The second-order valence-corrected chi connectivity index (χ2v) is 6.08. The zero-order valence-corrected chi connectivity index (χ0v) is 12.9. The lowest BCUT2D eigenvalue weighted by molar-refractivity contribution is -0.0984. The van der Waals surface area contributed by atoms with Crippen LogP contribution in [0.2, 0.25) is 0 Å². The Labute approximate surface area is 126 Å². The molecule has 3 N–H and O–H groups in total. The molecule has 1 heterocycles. The number of aliphatic hydroxyl groups excluding tert-OH is 1. The molecule has 1 aromatic carbocycles. The van der Waals surface area contributed by atoms with Crippen molar-refractivity contribution in [3.8, 4) is 0 Å². The van der Waals surface area contributed by atoms with E-state index < -0.39 is 5.54 Å². The molecule has 0 bridgehead atoms. The molecule has 0 spiro atoms. The molecule has 1 aromatic rings. The van der Waals surface area contributed by atoms with Crippen molar-refractivity contribution in [2.45, 2.75) is 18.1 Å². The second-order valence-electron chi connectivity index (χ2n) is 5.17. The molecule has 0 aliphatic carbocycles. The summed E-state index contributed by atoms with van der Waals surface area (Å²) in [6.07, 6.45) is 0.413. The van der Waals surface area contributed by atoms with Gasteiger partial charge in [0.05, 0.1) is 24.9 Å². The van der Waals surface area contributed by atoms with E-state index >= 15 is 0 Å². The van der Waals surface area contributed by atoms with Gasteiger partial charge in [0.1, 0.15) is 5.82 Å². The summed E-state index contributed by atoms with van der Waals surface area (Å²) in [6, 6.07) is 4.63. The highest BCUT2D eigenvalue weighted by Crippen LogP contribution is 2.37. The van der Waals surface area contributed by atoms with E-state index in [9.17, 15) is 9.50 Å². The minimum atomic E-state index is -1.03. The van der Waals surface area contributed by atoms with E-state index in [1.807, 2.05) is 0 Å². The van der Waals surface area contributed by atoms with Crippen LogP contribution < -0.4 is 5.73 Å². The molecule has 4 nitrogen and oxygen atoms in total. The Hall–Kier alpha value is -0.530. The van der Waals surface area contributed by atoms with Crippen molar-refractivity contribution < 1.29 is 19.0 Å². The highest BCUT2D eigenvalue weighted by atomic mass is 79.9. The van der Waals surface area contributed by atoms with Gasteiger partial charge in [-0.1, -0.05) is 15.9 Å². The smallest absolute Gasteiger partial charge is 0.128 e. The van der Waals surface area contributed by atoms with Gasteiger partial charge in [0.2, 0.25) is 0 Å². The van der Waals surface area contributed by atoms with Crippen LogP contribution in [0.5, 0.6) is 0 Å². The van der Waals surface area contributed by atoms with Crippen LogP contribution in [-0.2, 0) is 15.0 Å². The molecule has 112 valence electrons. The number of benzene rings is 1. The Kier molecular flexibility index (Phi) is 5.14. The maximum atomic E-state index is 14.1. The lowest BCUT2D eigenvalue weighted by Gasteiger charge is -2.43. The number of nitrogens with two attached hydrogens (primary N) is 1. The molecule has 20 heavy (non-hydrogen) atoms. The predicted molar refractivity (Wildman–Crippen MR) is 76.8 cm³/mol. The zero-order chi connectivity index (χ0) is 14.8. The van der Waals surface area contributed by atoms with E-state index in [-0.39, 0.29) is 31.1 Å². The predicted octanol–water partition coefficient (Wildman–Crippen LogP) is 1.79. The number of ether oxygens (including phenoxy) is 2. The largest absolute Gasteiger partial charge is 0.396 e. The van der Waals surface area contributed by atoms with Crippen molar-refractivity contribution in [2.75, 3.05) is 26.9 Å². The molecular weight excluding hydrogens is 329 g/mol. The second kappa shape index (κ2) is 6.49. The zero-order valence-electron chi connectivity index (χ0n) is 11.3. The van der Waals surface area contributed by atoms with Gasteiger partial charge in [-0.2, -0.15) is 0 Å². The molecule has 1 aliphatic rings. The first-order chi connectivity index (χ1) is 9.51. The highest BCUT2D eigenvalue weighted by Gasteiger charge is 2.44. The third-order valence-corrected chi connectivity index (χ3v) is 4.33. The molecule has 1 saturated heterocycles.